The molecule has 4 rings (SSSR count). The Morgan fingerprint density at radius 3 is 2.45 bits per heavy atom. The Morgan fingerprint density at radius 2 is 1.76 bits per heavy atom. The van der Waals surface area contributed by atoms with Crippen molar-refractivity contribution < 1.29 is 9.59 Å². The molecule has 2 atom stereocenters. The van der Waals surface area contributed by atoms with Crippen LogP contribution >= 0.6 is 11.3 Å². The highest BCUT2D eigenvalue weighted by Crippen LogP contribution is 2.44. The summed E-state index contributed by atoms with van der Waals surface area (Å²) >= 11 is 1.59. The van der Waals surface area contributed by atoms with E-state index in [1.807, 2.05) is 77.0 Å². The van der Waals surface area contributed by atoms with Crippen LogP contribution in [-0.4, -0.2) is 23.3 Å². The molecule has 0 unspecified atom stereocenters. The molecular formula is C24H24N2O2S. The molecule has 1 aromatic heterocycles. The quantitative estimate of drug-likeness (QED) is 0.625. The minimum Gasteiger partial charge on any atom is -0.329 e. The third-order valence-corrected chi connectivity index (χ3v) is 6.10. The van der Waals surface area contributed by atoms with Crippen molar-refractivity contribution in [1.29, 1.82) is 0 Å². The van der Waals surface area contributed by atoms with Gasteiger partial charge in [0.1, 0.15) is 0 Å². The average molecular weight is 405 g/mol. The van der Waals surface area contributed by atoms with E-state index in [-0.39, 0.29) is 17.9 Å². The van der Waals surface area contributed by atoms with Crippen LogP contribution in [0.2, 0.25) is 0 Å². The van der Waals surface area contributed by atoms with Crippen LogP contribution in [0.25, 0.3) is 0 Å². The number of hydrogen-bond acceptors (Lipinski definition) is 3. The third kappa shape index (κ3) is 3.83. The summed E-state index contributed by atoms with van der Waals surface area (Å²) in [6, 6.07) is 20.7. The molecule has 0 spiro atoms. The number of carbonyl (C=O) groups excluding carboxylic acids is 2. The van der Waals surface area contributed by atoms with Crippen LogP contribution in [0, 0.1) is 5.92 Å². The number of carbonyl (C=O) groups is 2. The largest absolute Gasteiger partial charge is 0.329 e. The number of benzene rings is 2. The molecule has 1 aliphatic heterocycles. The van der Waals surface area contributed by atoms with Gasteiger partial charge in [-0.15, -0.1) is 11.3 Å². The van der Waals surface area contributed by atoms with Crippen LogP contribution in [0.5, 0.6) is 0 Å². The number of thiophene rings is 1. The maximum absolute atomic E-state index is 13.5. The first-order valence-electron chi connectivity index (χ1n) is 9.85. The molecule has 148 valence electrons. The zero-order valence-electron chi connectivity index (χ0n) is 16.5. The minimum atomic E-state index is -0.471. The van der Waals surface area contributed by atoms with E-state index >= 15 is 0 Å². The molecule has 0 bridgehead atoms. The molecule has 2 aromatic carbocycles. The SMILES string of the molecule is CC(C)CN1C(=O)c2ccccc2[C@H](C(=O)Nc2ccccc2)[C@H]1c1cccs1. The molecule has 0 fully saturated rings. The maximum Gasteiger partial charge on any atom is 0.254 e. The molecule has 3 aromatic rings. The summed E-state index contributed by atoms with van der Waals surface area (Å²) in [5.74, 6) is -0.272. The normalized spacial score (nSPS) is 18.6. The summed E-state index contributed by atoms with van der Waals surface area (Å²) in [4.78, 5) is 29.8. The van der Waals surface area contributed by atoms with Crippen molar-refractivity contribution in [2.45, 2.75) is 25.8 Å². The van der Waals surface area contributed by atoms with Gasteiger partial charge in [-0.1, -0.05) is 56.3 Å². The Balaban J connectivity index is 1.82. The lowest BCUT2D eigenvalue weighted by Gasteiger charge is -2.42. The van der Waals surface area contributed by atoms with Crippen molar-refractivity contribution in [3.05, 3.63) is 88.1 Å². The fraction of sp³-hybridized carbons (Fsp3) is 0.250. The number of nitrogens with one attached hydrogen (secondary N) is 1. The number of anilines is 1. The molecule has 29 heavy (non-hydrogen) atoms. The third-order valence-electron chi connectivity index (χ3n) is 5.16. The molecule has 5 heteroatoms. The van der Waals surface area contributed by atoms with E-state index in [1.165, 1.54) is 0 Å². The molecule has 2 amide bonds. The second-order valence-electron chi connectivity index (χ2n) is 7.73. The van der Waals surface area contributed by atoms with Crippen LogP contribution < -0.4 is 5.32 Å². The van der Waals surface area contributed by atoms with Crippen molar-refractivity contribution in [3.63, 3.8) is 0 Å². The van der Waals surface area contributed by atoms with Gasteiger partial charge in [0.2, 0.25) is 5.91 Å². The highest BCUT2D eigenvalue weighted by Gasteiger charge is 2.44. The topological polar surface area (TPSA) is 49.4 Å². The van der Waals surface area contributed by atoms with Gasteiger partial charge in [0.05, 0.1) is 12.0 Å². The van der Waals surface area contributed by atoms with Crippen LogP contribution in [-0.2, 0) is 4.79 Å². The first-order chi connectivity index (χ1) is 14.1. The molecule has 0 aliphatic carbocycles. The van der Waals surface area contributed by atoms with Crippen LogP contribution in [0.4, 0.5) is 5.69 Å². The van der Waals surface area contributed by atoms with Gasteiger partial charge in [-0.05, 0) is 41.1 Å². The molecule has 0 radical (unpaired) electrons. The molecule has 0 saturated heterocycles. The Kier molecular flexibility index (Phi) is 5.49. The van der Waals surface area contributed by atoms with E-state index in [1.54, 1.807) is 11.3 Å². The van der Waals surface area contributed by atoms with E-state index in [0.717, 1.165) is 16.1 Å². The standard InChI is InChI=1S/C24H24N2O2S/c1-16(2)15-26-22(20-13-8-14-29-20)21(18-11-6-7-12-19(18)24(26)28)23(27)25-17-9-4-3-5-10-17/h3-14,16,21-22H,15H2,1-2H3,(H,25,27)/t21-,22+/m0/s1. The lowest BCUT2D eigenvalue weighted by Crippen LogP contribution is -2.47. The average Bonchev–Trinajstić information content (AvgIpc) is 3.24. The van der Waals surface area contributed by atoms with Gasteiger partial charge in [-0.3, -0.25) is 9.59 Å². The first-order valence-corrected chi connectivity index (χ1v) is 10.7. The van der Waals surface area contributed by atoms with Crippen LogP contribution in [0.3, 0.4) is 0 Å². The Hall–Kier alpha value is -2.92. The predicted octanol–water partition coefficient (Wildman–Crippen LogP) is 5.32. The van der Waals surface area contributed by atoms with Crippen LogP contribution in [0.15, 0.2) is 72.1 Å². The molecule has 1 N–H and O–H groups in total. The van der Waals surface area contributed by atoms with Crippen molar-refractivity contribution in [1.82, 2.24) is 4.90 Å². The highest BCUT2D eigenvalue weighted by atomic mass is 32.1. The predicted molar refractivity (Wildman–Crippen MR) is 117 cm³/mol. The molecule has 1 aliphatic rings. The molecule has 2 heterocycles. The Bertz CT molecular complexity index is 999. The second kappa shape index (κ2) is 8.21. The maximum atomic E-state index is 13.5. The van der Waals surface area contributed by atoms with E-state index in [2.05, 4.69) is 19.2 Å². The number of para-hydroxylation sites is 1. The van der Waals surface area contributed by atoms with Crippen molar-refractivity contribution in [2.24, 2.45) is 5.92 Å². The zero-order chi connectivity index (χ0) is 20.4. The lowest BCUT2D eigenvalue weighted by molar-refractivity contribution is -0.119. The second-order valence-corrected chi connectivity index (χ2v) is 8.71. The van der Waals surface area contributed by atoms with Gasteiger partial charge < -0.3 is 10.2 Å². The fourth-order valence-corrected chi connectivity index (χ4v) is 4.86. The number of rotatable bonds is 5. The van der Waals surface area contributed by atoms with Gasteiger partial charge in [-0.2, -0.15) is 0 Å². The zero-order valence-corrected chi connectivity index (χ0v) is 17.4. The summed E-state index contributed by atoms with van der Waals surface area (Å²) in [5.41, 5.74) is 2.17. The number of nitrogens with zero attached hydrogens (tertiary/aromatic N) is 1. The Labute approximate surface area is 175 Å². The monoisotopic (exact) mass is 404 g/mol. The van der Waals surface area contributed by atoms with E-state index in [0.29, 0.717) is 18.0 Å². The van der Waals surface area contributed by atoms with Crippen molar-refractivity contribution >= 4 is 28.8 Å². The van der Waals surface area contributed by atoms with Crippen molar-refractivity contribution in [2.75, 3.05) is 11.9 Å². The lowest BCUT2D eigenvalue weighted by atomic mass is 9.81. The highest BCUT2D eigenvalue weighted by molar-refractivity contribution is 7.10. The number of fused-ring (bicyclic) bond motifs is 1. The summed E-state index contributed by atoms with van der Waals surface area (Å²) in [7, 11) is 0. The Morgan fingerprint density at radius 1 is 1.03 bits per heavy atom. The van der Waals surface area contributed by atoms with Gasteiger partial charge in [0, 0.05) is 22.7 Å². The summed E-state index contributed by atoms with van der Waals surface area (Å²) in [6.45, 7) is 4.79. The molecule has 0 saturated carbocycles. The van der Waals surface area contributed by atoms with Gasteiger partial charge in [-0.25, -0.2) is 0 Å². The minimum absolute atomic E-state index is 0.00328. The summed E-state index contributed by atoms with van der Waals surface area (Å²) < 4.78 is 0. The smallest absolute Gasteiger partial charge is 0.254 e. The fourth-order valence-electron chi connectivity index (χ4n) is 3.99. The first kappa shape index (κ1) is 19.4. The van der Waals surface area contributed by atoms with Gasteiger partial charge in [0.25, 0.3) is 5.91 Å². The van der Waals surface area contributed by atoms with E-state index < -0.39 is 5.92 Å². The van der Waals surface area contributed by atoms with Crippen molar-refractivity contribution in [3.8, 4) is 0 Å². The summed E-state index contributed by atoms with van der Waals surface area (Å²) in [6.07, 6.45) is 0. The number of amides is 2. The van der Waals surface area contributed by atoms with E-state index in [9.17, 15) is 9.59 Å². The van der Waals surface area contributed by atoms with Gasteiger partial charge in [0.15, 0.2) is 0 Å². The summed E-state index contributed by atoms with van der Waals surface area (Å²) in [5, 5.41) is 5.06. The number of hydrogen-bond donors (Lipinski definition) is 1. The molecule has 4 nitrogen and oxygen atoms in total. The van der Waals surface area contributed by atoms with Crippen LogP contribution in [0.1, 0.15) is 46.6 Å². The van der Waals surface area contributed by atoms with Gasteiger partial charge >= 0.3 is 0 Å². The van der Waals surface area contributed by atoms with E-state index in [4.69, 9.17) is 0 Å². The molecular weight excluding hydrogens is 380 g/mol.